The van der Waals surface area contributed by atoms with Crippen molar-refractivity contribution in [3.05, 3.63) is 46.0 Å². The van der Waals surface area contributed by atoms with Crippen molar-refractivity contribution in [1.29, 1.82) is 0 Å². The summed E-state index contributed by atoms with van der Waals surface area (Å²) in [6.07, 6.45) is 3.02. The Morgan fingerprint density at radius 1 is 1.57 bits per heavy atom. The molecule has 9 heteroatoms. The van der Waals surface area contributed by atoms with Crippen molar-refractivity contribution in [2.24, 2.45) is 0 Å². The SMILES string of the molecule is CCn1cc(Nc2cc(F)c(C(=O)O)cc2[N+](=O)[O-])cn1. The summed E-state index contributed by atoms with van der Waals surface area (Å²) in [7, 11) is 0. The van der Waals surface area contributed by atoms with Gasteiger partial charge in [-0.2, -0.15) is 5.10 Å². The molecule has 0 amide bonds. The fraction of sp³-hybridized carbons (Fsp3) is 0.167. The first-order chi connectivity index (χ1) is 9.92. The van der Waals surface area contributed by atoms with Gasteiger partial charge in [0.1, 0.15) is 17.1 Å². The number of aromatic carboxylic acids is 1. The molecule has 8 nitrogen and oxygen atoms in total. The zero-order valence-corrected chi connectivity index (χ0v) is 10.9. The van der Waals surface area contributed by atoms with Crippen molar-refractivity contribution in [2.75, 3.05) is 5.32 Å². The highest BCUT2D eigenvalue weighted by Crippen LogP contribution is 2.30. The van der Waals surface area contributed by atoms with E-state index < -0.39 is 28.0 Å². The molecule has 110 valence electrons. The van der Waals surface area contributed by atoms with Crippen LogP contribution >= 0.6 is 0 Å². The first-order valence-corrected chi connectivity index (χ1v) is 5.93. The number of halogens is 1. The van der Waals surface area contributed by atoms with Crippen LogP contribution in [0, 0.1) is 15.9 Å². The summed E-state index contributed by atoms with van der Waals surface area (Å²) in [6.45, 7) is 2.47. The lowest BCUT2D eigenvalue weighted by Gasteiger charge is -2.06. The van der Waals surface area contributed by atoms with Gasteiger partial charge >= 0.3 is 5.97 Å². The Labute approximate surface area is 118 Å². The first-order valence-electron chi connectivity index (χ1n) is 5.93. The number of benzene rings is 1. The molecular formula is C12H11FN4O4. The monoisotopic (exact) mass is 294 g/mol. The Morgan fingerprint density at radius 2 is 2.29 bits per heavy atom. The van der Waals surface area contributed by atoms with Crippen molar-refractivity contribution in [3.8, 4) is 0 Å². The Morgan fingerprint density at radius 3 is 2.81 bits per heavy atom. The lowest BCUT2D eigenvalue weighted by atomic mass is 10.1. The molecule has 1 heterocycles. The molecule has 2 rings (SSSR count). The predicted molar refractivity (Wildman–Crippen MR) is 71.2 cm³/mol. The number of nitrogens with zero attached hydrogens (tertiary/aromatic N) is 3. The van der Waals surface area contributed by atoms with E-state index in [9.17, 15) is 19.3 Å². The number of anilines is 2. The van der Waals surface area contributed by atoms with E-state index in [1.807, 2.05) is 6.92 Å². The largest absolute Gasteiger partial charge is 0.478 e. The zero-order chi connectivity index (χ0) is 15.6. The van der Waals surface area contributed by atoms with Crippen molar-refractivity contribution in [1.82, 2.24) is 9.78 Å². The van der Waals surface area contributed by atoms with Crippen LogP contribution in [0.15, 0.2) is 24.5 Å². The molecule has 0 aliphatic carbocycles. The lowest BCUT2D eigenvalue weighted by Crippen LogP contribution is -2.05. The van der Waals surface area contributed by atoms with Crippen molar-refractivity contribution in [2.45, 2.75) is 13.5 Å². The molecule has 0 atom stereocenters. The molecule has 0 saturated heterocycles. The van der Waals surface area contributed by atoms with Crippen LogP contribution in [-0.2, 0) is 6.54 Å². The number of carbonyl (C=O) groups is 1. The molecular weight excluding hydrogens is 283 g/mol. The average molecular weight is 294 g/mol. The van der Waals surface area contributed by atoms with E-state index >= 15 is 0 Å². The van der Waals surface area contributed by atoms with Crippen LogP contribution < -0.4 is 5.32 Å². The van der Waals surface area contributed by atoms with Gasteiger partial charge in [0.05, 0.1) is 16.8 Å². The number of nitro groups is 1. The third-order valence-electron chi connectivity index (χ3n) is 2.75. The van der Waals surface area contributed by atoms with Gasteiger partial charge in [-0.15, -0.1) is 0 Å². The third-order valence-corrected chi connectivity index (χ3v) is 2.75. The molecule has 0 aliphatic heterocycles. The number of nitrogens with one attached hydrogen (secondary N) is 1. The smallest absolute Gasteiger partial charge is 0.338 e. The standard InChI is InChI=1S/C12H11FN4O4/c1-2-16-6-7(5-14-16)15-10-4-9(13)8(12(18)19)3-11(10)17(20)21/h3-6,15H,2H2,1H3,(H,18,19). The fourth-order valence-electron chi connectivity index (χ4n) is 1.73. The van der Waals surface area contributed by atoms with Gasteiger partial charge < -0.3 is 10.4 Å². The molecule has 1 aromatic heterocycles. The van der Waals surface area contributed by atoms with Gasteiger partial charge in [0, 0.05) is 24.9 Å². The summed E-state index contributed by atoms with van der Waals surface area (Å²) in [5.74, 6) is -2.63. The summed E-state index contributed by atoms with van der Waals surface area (Å²) < 4.78 is 15.2. The van der Waals surface area contributed by atoms with Crippen LogP contribution in [0.1, 0.15) is 17.3 Å². The van der Waals surface area contributed by atoms with E-state index in [1.165, 1.54) is 6.20 Å². The maximum atomic E-state index is 13.7. The summed E-state index contributed by atoms with van der Waals surface area (Å²) in [6, 6.07) is 1.47. The minimum atomic E-state index is -1.57. The highest BCUT2D eigenvalue weighted by molar-refractivity contribution is 5.90. The van der Waals surface area contributed by atoms with E-state index in [4.69, 9.17) is 5.11 Å². The molecule has 0 unspecified atom stereocenters. The minimum Gasteiger partial charge on any atom is -0.478 e. The van der Waals surface area contributed by atoms with Gasteiger partial charge in [0.25, 0.3) is 5.69 Å². The maximum absolute atomic E-state index is 13.7. The molecule has 2 aromatic rings. The first kappa shape index (κ1) is 14.4. The van der Waals surface area contributed by atoms with Gasteiger partial charge in [0.2, 0.25) is 0 Å². The normalized spacial score (nSPS) is 10.4. The molecule has 0 saturated carbocycles. The second kappa shape index (κ2) is 5.57. The third kappa shape index (κ3) is 2.96. The predicted octanol–water partition coefficient (Wildman–Crippen LogP) is 2.39. The highest BCUT2D eigenvalue weighted by atomic mass is 19.1. The van der Waals surface area contributed by atoms with Gasteiger partial charge in [-0.1, -0.05) is 0 Å². The number of rotatable bonds is 5. The highest BCUT2D eigenvalue weighted by Gasteiger charge is 2.22. The molecule has 0 radical (unpaired) electrons. The summed E-state index contributed by atoms with van der Waals surface area (Å²) in [5.41, 5.74) is -0.991. The number of carboxylic acid groups (broad SMARTS) is 1. The molecule has 0 spiro atoms. The van der Waals surface area contributed by atoms with Crippen molar-refractivity contribution < 1.29 is 19.2 Å². The minimum absolute atomic E-state index is 0.141. The number of carboxylic acids is 1. The van der Waals surface area contributed by atoms with E-state index in [2.05, 4.69) is 10.4 Å². The summed E-state index contributed by atoms with van der Waals surface area (Å²) in [5, 5.41) is 26.4. The molecule has 0 aliphatic rings. The number of nitro benzene ring substituents is 1. The molecule has 0 bridgehead atoms. The van der Waals surface area contributed by atoms with Crippen LogP contribution in [0.5, 0.6) is 0 Å². The lowest BCUT2D eigenvalue weighted by molar-refractivity contribution is -0.384. The van der Waals surface area contributed by atoms with E-state index in [1.54, 1.807) is 10.9 Å². The summed E-state index contributed by atoms with van der Waals surface area (Å²) >= 11 is 0. The van der Waals surface area contributed by atoms with Crippen LogP contribution in [0.4, 0.5) is 21.5 Å². The van der Waals surface area contributed by atoms with Crippen LogP contribution in [0.3, 0.4) is 0 Å². The molecule has 21 heavy (non-hydrogen) atoms. The Balaban J connectivity index is 2.44. The van der Waals surface area contributed by atoms with Gasteiger partial charge in [-0.3, -0.25) is 14.8 Å². The Bertz CT molecular complexity index is 713. The van der Waals surface area contributed by atoms with Gasteiger partial charge in [0.15, 0.2) is 0 Å². The fourth-order valence-corrected chi connectivity index (χ4v) is 1.73. The van der Waals surface area contributed by atoms with Gasteiger partial charge in [-0.05, 0) is 6.92 Å². The Kier molecular flexibility index (Phi) is 3.83. The number of hydrogen-bond donors (Lipinski definition) is 2. The quantitative estimate of drug-likeness (QED) is 0.647. The molecule has 0 fully saturated rings. The topological polar surface area (TPSA) is 110 Å². The molecule has 2 N–H and O–H groups in total. The summed E-state index contributed by atoms with van der Waals surface area (Å²) in [4.78, 5) is 21.0. The second-order valence-electron chi connectivity index (χ2n) is 4.12. The van der Waals surface area contributed by atoms with Crippen molar-refractivity contribution >= 4 is 23.0 Å². The van der Waals surface area contributed by atoms with Crippen LogP contribution in [-0.4, -0.2) is 25.8 Å². The maximum Gasteiger partial charge on any atom is 0.338 e. The Hall–Kier alpha value is -2.97. The number of aryl methyl sites for hydroxylation is 1. The number of hydrogen-bond acceptors (Lipinski definition) is 5. The number of aromatic nitrogens is 2. The average Bonchev–Trinajstić information content (AvgIpc) is 2.85. The second-order valence-corrected chi connectivity index (χ2v) is 4.12. The van der Waals surface area contributed by atoms with E-state index in [-0.39, 0.29) is 5.69 Å². The van der Waals surface area contributed by atoms with E-state index in [0.29, 0.717) is 18.3 Å². The molecule has 1 aromatic carbocycles. The van der Waals surface area contributed by atoms with Gasteiger partial charge in [-0.25, -0.2) is 9.18 Å². The van der Waals surface area contributed by atoms with Crippen LogP contribution in [0.2, 0.25) is 0 Å². The van der Waals surface area contributed by atoms with Crippen molar-refractivity contribution in [3.63, 3.8) is 0 Å². The van der Waals surface area contributed by atoms with Crippen LogP contribution in [0.25, 0.3) is 0 Å². The van der Waals surface area contributed by atoms with E-state index in [0.717, 1.165) is 6.07 Å². The zero-order valence-electron chi connectivity index (χ0n) is 10.9.